The second kappa shape index (κ2) is 6.69. The second-order valence-electron chi connectivity index (χ2n) is 5.57. The zero-order valence-electron chi connectivity index (χ0n) is 13.1. The smallest absolute Gasteiger partial charge is 0.214 e. The van der Waals surface area contributed by atoms with Crippen LogP contribution in [0.1, 0.15) is 41.4 Å². The number of hydrogen-bond acceptors (Lipinski definition) is 2. The first-order valence-electron chi connectivity index (χ1n) is 7.89. The number of halogens is 1. The summed E-state index contributed by atoms with van der Waals surface area (Å²) < 4.78 is 15.0. The first-order valence-corrected chi connectivity index (χ1v) is 7.89. The summed E-state index contributed by atoms with van der Waals surface area (Å²) in [7, 11) is 0. The van der Waals surface area contributed by atoms with Crippen molar-refractivity contribution in [1.82, 2.24) is 4.98 Å². The van der Waals surface area contributed by atoms with Crippen molar-refractivity contribution in [2.75, 3.05) is 0 Å². The van der Waals surface area contributed by atoms with Crippen LogP contribution in [0.25, 0.3) is 10.9 Å². The molecule has 23 heavy (non-hydrogen) atoms. The fraction of sp³-hybridized carbons (Fsp3) is 0.200. The first-order chi connectivity index (χ1) is 11.2. The highest BCUT2D eigenvalue weighted by molar-refractivity contribution is 6.09. The molecule has 0 atom stereocenters. The van der Waals surface area contributed by atoms with Crippen molar-refractivity contribution < 1.29 is 9.18 Å². The van der Waals surface area contributed by atoms with Crippen molar-refractivity contribution >= 4 is 16.7 Å². The van der Waals surface area contributed by atoms with Gasteiger partial charge in [0.15, 0.2) is 5.82 Å². The molecule has 2 nitrogen and oxygen atoms in total. The van der Waals surface area contributed by atoms with Crippen LogP contribution in [0.15, 0.2) is 54.6 Å². The van der Waals surface area contributed by atoms with Gasteiger partial charge in [-0.3, -0.25) is 4.79 Å². The number of para-hydroxylation sites is 1. The molecule has 116 valence electrons. The van der Waals surface area contributed by atoms with Crippen LogP contribution >= 0.6 is 0 Å². The van der Waals surface area contributed by atoms with E-state index in [4.69, 9.17) is 0 Å². The van der Waals surface area contributed by atoms with Crippen molar-refractivity contribution in [2.24, 2.45) is 0 Å². The van der Waals surface area contributed by atoms with E-state index < -0.39 is 5.82 Å². The van der Waals surface area contributed by atoms with Gasteiger partial charge >= 0.3 is 0 Å². The van der Waals surface area contributed by atoms with Gasteiger partial charge in [-0.1, -0.05) is 61.9 Å². The van der Waals surface area contributed by atoms with Gasteiger partial charge in [0, 0.05) is 10.9 Å². The predicted molar refractivity (Wildman–Crippen MR) is 90.2 cm³/mol. The molecule has 0 saturated heterocycles. The van der Waals surface area contributed by atoms with Crippen LogP contribution in [0.3, 0.4) is 0 Å². The number of fused-ring (bicyclic) bond motifs is 1. The number of carbonyl (C=O) groups is 1. The van der Waals surface area contributed by atoms with E-state index in [0.29, 0.717) is 23.1 Å². The monoisotopic (exact) mass is 307 g/mol. The maximum atomic E-state index is 15.0. The number of aryl methyl sites for hydroxylation is 1. The Hall–Kier alpha value is -2.55. The number of pyridine rings is 1. The zero-order valence-corrected chi connectivity index (χ0v) is 13.1. The molecule has 3 aromatic rings. The van der Waals surface area contributed by atoms with Crippen molar-refractivity contribution in [1.29, 1.82) is 0 Å². The van der Waals surface area contributed by atoms with E-state index in [2.05, 4.69) is 11.9 Å². The fourth-order valence-electron chi connectivity index (χ4n) is 2.73. The number of ketones is 1. The third kappa shape index (κ3) is 3.00. The topological polar surface area (TPSA) is 30.0 Å². The molecule has 0 unspecified atom stereocenters. The summed E-state index contributed by atoms with van der Waals surface area (Å²) >= 11 is 0. The molecule has 0 bridgehead atoms. The van der Waals surface area contributed by atoms with Crippen LogP contribution in [0.5, 0.6) is 0 Å². The molecule has 0 spiro atoms. The Morgan fingerprint density at radius 2 is 1.74 bits per heavy atom. The van der Waals surface area contributed by atoms with Gasteiger partial charge in [0.05, 0.1) is 5.52 Å². The molecular weight excluding hydrogens is 289 g/mol. The Balaban J connectivity index is 2.17. The van der Waals surface area contributed by atoms with Crippen molar-refractivity contribution in [3.63, 3.8) is 0 Å². The number of carbonyl (C=O) groups excluding carboxylic acids is 1. The van der Waals surface area contributed by atoms with Gasteiger partial charge in [-0.2, -0.15) is 0 Å². The molecule has 0 saturated carbocycles. The van der Waals surface area contributed by atoms with E-state index in [9.17, 15) is 9.18 Å². The molecular formula is C20H18FNO. The lowest BCUT2D eigenvalue weighted by molar-refractivity contribution is 0.103. The van der Waals surface area contributed by atoms with E-state index in [1.807, 2.05) is 30.3 Å². The maximum absolute atomic E-state index is 15.0. The fourth-order valence-corrected chi connectivity index (χ4v) is 2.73. The maximum Gasteiger partial charge on any atom is 0.214 e. The summed E-state index contributed by atoms with van der Waals surface area (Å²) in [5.74, 6) is -0.849. The molecule has 3 rings (SSSR count). The number of benzene rings is 2. The first kappa shape index (κ1) is 15.3. The Kier molecular flexibility index (Phi) is 4.47. The van der Waals surface area contributed by atoms with Crippen LogP contribution in [0.4, 0.5) is 4.39 Å². The molecule has 1 heterocycles. The summed E-state index contributed by atoms with van der Waals surface area (Å²) in [6, 6.07) is 16.2. The highest BCUT2D eigenvalue weighted by Crippen LogP contribution is 2.25. The Labute approximate surface area is 135 Å². The standard InChI is InChI=1S/C20H18FNO/c1-2-3-11-16-15-12-7-8-13-17(15)22-19(18(16)21)20(23)14-9-5-4-6-10-14/h4-10,12-13H,2-3,11H2,1H3. The summed E-state index contributed by atoms with van der Waals surface area (Å²) in [5, 5.41) is 0.795. The lowest BCUT2D eigenvalue weighted by atomic mass is 9.98. The largest absolute Gasteiger partial charge is 0.287 e. The zero-order chi connectivity index (χ0) is 16.2. The molecule has 0 aliphatic heterocycles. The van der Waals surface area contributed by atoms with Crippen molar-refractivity contribution in [2.45, 2.75) is 26.2 Å². The number of unbranched alkanes of at least 4 members (excludes halogenated alkanes) is 1. The van der Waals surface area contributed by atoms with E-state index in [0.717, 1.165) is 18.2 Å². The van der Waals surface area contributed by atoms with Gasteiger partial charge in [-0.05, 0) is 24.5 Å². The Bertz CT molecular complexity index is 843. The van der Waals surface area contributed by atoms with Gasteiger partial charge in [0.2, 0.25) is 5.78 Å². The number of rotatable bonds is 5. The molecule has 0 radical (unpaired) electrons. The molecule has 0 amide bonds. The van der Waals surface area contributed by atoms with E-state index in [1.54, 1.807) is 24.3 Å². The summed E-state index contributed by atoms with van der Waals surface area (Å²) in [6.45, 7) is 2.07. The minimum Gasteiger partial charge on any atom is -0.287 e. The predicted octanol–water partition coefficient (Wildman–Crippen LogP) is 4.95. The highest BCUT2D eigenvalue weighted by Gasteiger charge is 2.21. The lowest BCUT2D eigenvalue weighted by Crippen LogP contribution is -2.10. The molecule has 0 fully saturated rings. The van der Waals surface area contributed by atoms with Crippen molar-refractivity contribution in [3.8, 4) is 0 Å². The Morgan fingerprint density at radius 1 is 1.04 bits per heavy atom. The summed E-state index contributed by atoms with van der Waals surface area (Å²) in [6.07, 6.45) is 2.46. The second-order valence-corrected chi connectivity index (χ2v) is 5.57. The van der Waals surface area contributed by atoms with Gasteiger partial charge < -0.3 is 0 Å². The average molecular weight is 307 g/mol. The van der Waals surface area contributed by atoms with Crippen LogP contribution < -0.4 is 0 Å². The van der Waals surface area contributed by atoms with Gasteiger partial charge in [0.1, 0.15) is 5.69 Å². The molecule has 3 heteroatoms. The molecule has 0 aliphatic rings. The number of aromatic nitrogens is 1. The van der Waals surface area contributed by atoms with E-state index in [1.165, 1.54) is 0 Å². The quantitative estimate of drug-likeness (QED) is 0.624. The van der Waals surface area contributed by atoms with Gasteiger partial charge in [0.25, 0.3) is 0 Å². The van der Waals surface area contributed by atoms with E-state index >= 15 is 0 Å². The van der Waals surface area contributed by atoms with Crippen molar-refractivity contribution in [3.05, 3.63) is 77.2 Å². The number of nitrogens with zero attached hydrogens (tertiary/aromatic N) is 1. The average Bonchev–Trinajstić information content (AvgIpc) is 2.61. The van der Waals surface area contributed by atoms with Crippen LogP contribution in [0, 0.1) is 5.82 Å². The van der Waals surface area contributed by atoms with Gasteiger partial charge in [-0.15, -0.1) is 0 Å². The Morgan fingerprint density at radius 3 is 2.48 bits per heavy atom. The summed E-state index contributed by atoms with van der Waals surface area (Å²) in [5.41, 5.74) is 1.63. The lowest BCUT2D eigenvalue weighted by Gasteiger charge is -2.11. The van der Waals surface area contributed by atoms with Crippen LogP contribution in [0.2, 0.25) is 0 Å². The highest BCUT2D eigenvalue weighted by atomic mass is 19.1. The normalized spacial score (nSPS) is 10.9. The molecule has 0 N–H and O–H groups in total. The van der Waals surface area contributed by atoms with Crippen LogP contribution in [-0.2, 0) is 6.42 Å². The minimum atomic E-state index is -0.481. The third-order valence-electron chi connectivity index (χ3n) is 3.97. The third-order valence-corrected chi connectivity index (χ3v) is 3.97. The molecule has 0 aliphatic carbocycles. The van der Waals surface area contributed by atoms with E-state index in [-0.39, 0.29) is 11.5 Å². The van der Waals surface area contributed by atoms with Gasteiger partial charge in [-0.25, -0.2) is 9.37 Å². The molecule has 1 aromatic heterocycles. The SMILES string of the molecule is CCCCc1c(F)c(C(=O)c2ccccc2)nc2ccccc12. The number of hydrogen-bond donors (Lipinski definition) is 0. The summed E-state index contributed by atoms with van der Waals surface area (Å²) in [4.78, 5) is 16.9. The minimum absolute atomic E-state index is 0.0824. The van der Waals surface area contributed by atoms with Crippen LogP contribution in [-0.4, -0.2) is 10.8 Å². The molecule has 2 aromatic carbocycles.